The molecule has 1 atom stereocenters. The average molecular weight is 325 g/mol. The van der Waals surface area contributed by atoms with Crippen molar-refractivity contribution in [3.63, 3.8) is 0 Å². The summed E-state index contributed by atoms with van der Waals surface area (Å²) in [6.07, 6.45) is 0.403. The molecule has 0 fully saturated rings. The van der Waals surface area contributed by atoms with Gasteiger partial charge in [-0.2, -0.15) is 0 Å². The number of hydrogen-bond donors (Lipinski definition) is 4. The van der Waals surface area contributed by atoms with Crippen molar-refractivity contribution >= 4 is 44.1 Å². The summed E-state index contributed by atoms with van der Waals surface area (Å²) < 4.78 is 0.820. The minimum absolute atomic E-state index is 0.0199. The van der Waals surface area contributed by atoms with Crippen LogP contribution in [0.2, 0.25) is 0 Å². The lowest BCUT2D eigenvalue weighted by Gasteiger charge is -2.12. The molecule has 1 aromatic carbocycles. The maximum Gasteiger partial charge on any atom is 0.248 e. The third kappa shape index (κ3) is 2.94. The molecule has 0 bridgehead atoms. The number of anilines is 2. The molecule has 0 spiro atoms. The zero-order chi connectivity index (χ0) is 14.0. The Kier molecular flexibility index (Phi) is 3.87. The number of amides is 1. The van der Waals surface area contributed by atoms with Crippen LogP contribution in [-0.2, 0) is 4.79 Å². The second kappa shape index (κ2) is 5.41. The first-order valence-corrected chi connectivity index (χ1v) is 6.33. The van der Waals surface area contributed by atoms with Gasteiger partial charge in [-0.1, -0.05) is 0 Å². The quantitative estimate of drug-likeness (QED) is 0.622. The van der Waals surface area contributed by atoms with Crippen molar-refractivity contribution in [1.82, 2.24) is 4.98 Å². The molecule has 0 radical (unpaired) electrons. The lowest BCUT2D eigenvalue weighted by Crippen LogP contribution is -2.34. The topological polar surface area (TPSA) is 114 Å². The molecule has 1 heterocycles. The van der Waals surface area contributed by atoms with Crippen molar-refractivity contribution in [2.75, 3.05) is 17.6 Å². The molecule has 6 N–H and O–H groups in total. The number of rotatable bonds is 4. The second-order valence-corrected chi connectivity index (χ2v) is 4.97. The Morgan fingerprint density at radius 1 is 1.53 bits per heavy atom. The number of aliphatic hydroxyl groups is 1. The number of carbonyl (C=O) groups excluding carboxylic acids is 1. The maximum atomic E-state index is 10.8. The molecule has 0 aliphatic carbocycles. The fourth-order valence-corrected chi connectivity index (χ4v) is 2.00. The smallest absolute Gasteiger partial charge is 0.248 e. The second-order valence-electron chi connectivity index (χ2n) is 4.05. The highest BCUT2D eigenvalue weighted by atomic mass is 79.9. The Morgan fingerprint density at radius 2 is 2.26 bits per heavy atom. The standard InChI is InChI=1S/C12H13BrN4O2/c13-6-3-7-8(14)1-2-9(11(7)17-4-6)16-5-10(18)12(15)19/h1-4,10,16,18H,5,14H2,(H2,15,19). The molecule has 0 aliphatic rings. The Morgan fingerprint density at radius 3 is 2.95 bits per heavy atom. The average Bonchev–Trinajstić information content (AvgIpc) is 2.38. The van der Waals surface area contributed by atoms with Crippen molar-refractivity contribution < 1.29 is 9.90 Å². The van der Waals surface area contributed by atoms with Gasteiger partial charge in [0.2, 0.25) is 5.91 Å². The number of carbonyl (C=O) groups is 1. The highest BCUT2D eigenvalue weighted by molar-refractivity contribution is 9.10. The SMILES string of the molecule is NC(=O)C(O)CNc1ccc(N)c2cc(Br)cnc12. The van der Waals surface area contributed by atoms with Crippen LogP contribution < -0.4 is 16.8 Å². The van der Waals surface area contributed by atoms with E-state index in [4.69, 9.17) is 11.5 Å². The number of nitrogens with one attached hydrogen (secondary N) is 1. The summed E-state index contributed by atoms with van der Waals surface area (Å²) in [5.74, 6) is -0.775. The fraction of sp³-hybridized carbons (Fsp3) is 0.167. The van der Waals surface area contributed by atoms with Gasteiger partial charge in [0.05, 0.1) is 11.2 Å². The van der Waals surface area contributed by atoms with Gasteiger partial charge in [-0.05, 0) is 34.1 Å². The zero-order valence-corrected chi connectivity index (χ0v) is 11.5. The first-order chi connectivity index (χ1) is 8.99. The monoisotopic (exact) mass is 324 g/mol. The van der Waals surface area contributed by atoms with Crippen molar-refractivity contribution in [3.05, 3.63) is 28.9 Å². The zero-order valence-electron chi connectivity index (χ0n) is 9.93. The van der Waals surface area contributed by atoms with E-state index in [1.54, 1.807) is 18.3 Å². The van der Waals surface area contributed by atoms with Crippen LogP contribution >= 0.6 is 15.9 Å². The molecule has 6 nitrogen and oxygen atoms in total. The van der Waals surface area contributed by atoms with Gasteiger partial charge in [-0.25, -0.2) is 0 Å². The van der Waals surface area contributed by atoms with Crippen LogP contribution in [0.25, 0.3) is 10.9 Å². The summed E-state index contributed by atoms with van der Waals surface area (Å²) in [5.41, 5.74) is 12.8. The maximum absolute atomic E-state index is 10.8. The van der Waals surface area contributed by atoms with Crippen LogP contribution in [0.4, 0.5) is 11.4 Å². The van der Waals surface area contributed by atoms with E-state index in [1.807, 2.05) is 6.07 Å². The first-order valence-electron chi connectivity index (χ1n) is 5.54. The summed E-state index contributed by atoms with van der Waals surface area (Å²) in [5, 5.41) is 13.1. The predicted molar refractivity (Wildman–Crippen MR) is 77.5 cm³/mol. The van der Waals surface area contributed by atoms with E-state index in [1.165, 1.54) is 0 Å². The third-order valence-electron chi connectivity index (χ3n) is 2.66. The van der Waals surface area contributed by atoms with E-state index in [-0.39, 0.29) is 6.54 Å². The van der Waals surface area contributed by atoms with Crippen molar-refractivity contribution in [2.24, 2.45) is 5.73 Å². The summed E-state index contributed by atoms with van der Waals surface area (Å²) in [6, 6.07) is 5.33. The van der Waals surface area contributed by atoms with Crippen LogP contribution in [0, 0.1) is 0 Å². The van der Waals surface area contributed by atoms with E-state index in [9.17, 15) is 9.90 Å². The highest BCUT2D eigenvalue weighted by Crippen LogP contribution is 2.28. The van der Waals surface area contributed by atoms with Crippen LogP contribution in [0.5, 0.6) is 0 Å². The molecular weight excluding hydrogens is 312 g/mol. The van der Waals surface area contributed by atoms with Gasteiger partial charge in [-0.3, -0.25) is 9.78 Å². The van der Waals surface area contributed by atoms with Crippen LogP contribution in [0.1, 0.15) is 0 Å². The first kappa shape index (κ1) is 13.6. The number of halogens is 1. The molecule has 1 aromatic heterocycles. The van der Waals surface area contributed by atoms with Gasteiger partial charge in [0.15, 0.2) is 0 Å². The third-order valence-corrected chi connectivity index (χ3v) is 3.10. The largest absolute Gasteiger partial charge is 0.398 e. The normalized spacial score (nSPS) is 12.3. The minimum Gasteiger partial charge on any atom is -0.398 e. The molecule has 0 saturated heterocycles. The number of hydrogen-bond acceptors (Lipinski definition) is 5. The Labute approximate surface area is 117 Å². The molecular formula is C12H13BrN4O2. The van der Waals surface area contributed by atoms with Crippen LogP contribution in [-0.4, -0.2) is 28.6 Å². The van der Waals surface area contributed by atoms with E-state index < -0.39 is 12.0 Å². The molecule has 1 amide bonds. The van der Waals surface area contributed by atoms with E-state index in [0.717, 1.165) is 9.86 Å². The molecule has 100 valence electrons. The summed E-state index contributed by atoms with van der Waals surface area (Å²) in [4.78, 5) is 15.1. The van der Waals surface area contributed by atoms with Gasteiger partial charge in [0, 0.05) is 28.3 Å². The number of aliphatic hydroxyl groups excluding tert-OH is 1. The van der Waals surface area contributed by atoms with Gasteiger partial charge in [0.25, 0.3) is 0 Å². The van der Waals surface area contributed by atoms with E-state index >= 15 is 0 Å². The van der Waals surface area contributed by atoms with Crippen LogP contribution in [0.15, 0.2) is 28.9 Å². The van der Waals surface area contributed by atoms with Gasteiger partial charge >= 0.3 is 0 Å². The van der Waals surface area contributed by atoms with Crippen LogP contribution in [0.3, 0.4) is 0 Å². The predicted octanol–water partition coefficient (Wildman–Crippen LogP) is 0.838. The van der Waals surface area contributed by atoms with Gasteiger partial charge in [-0.15, -0.1) is 0 Å². The van der Waals surface area contributed by atoms with Crippen molar-refractivity contribution in [2.45, 2.75) is 6.10 Å². The summed E-state index contributed by atoms with van der Waals surface area (Å²) in [6.45, 7) is 0.0199. The highest BCUT2D eigenvalue weighted by Gasteiger charge is 2.12. The summed E-state index contributed by atoms with van der Waals surface area (Å²) >= 11 is 3.33. The van der Waals surface area contributed by atoms with Gasteiger partial charge in [0.1, 0.15) is 6.10 Å². The Bertz CT molecular complexity index is 632. The van der Waals surface area contributed by atoms with Crippen molar-refractivity contribution in [3.8, 4) is 0 Å². The molecule has 19 heavy (non-hydrogen) atoms. The number of primary amides is 1. The molecule has 7 heteroatoms. The number of pyridine rings is 1. The van der Waals surface area contributed by atoms with Crippen molar-refractivity contribution in [1.29, 1.82) is 0 Å². The molecule has 0 saturated carbocycles. The van der Waals surface area contributed by atoms with Gasteiger partial charge < -0.3 is 21.9 Å². The minimum atomic E-state index is -1.25. The fourth-order valence-electron chi connectivity index (χ4n) is 1.67. The summed E-state index contributed by atoms with van der Waals surface area (Å²) in [7, 11) is 0. The molecule has 0 aliphatic heterocycles. The number of nitrogens with two attached hydrogens (primary N) is 2. The lowest BCUT2D eigenvalue weighted by atomic mass is 10.1. The Balaban J connectivity index is 2.34. The number of fused-ring (bicyclic) bond motifs is 1. The molecule has 1 unspecified atom stereocenters. The van der Waals surface area contributed by atoms with E-state index in [0.29, 0.717) is 16.9 Å². The molecule has 2 rings (SSSR count). The Hall–Kier alpha value is -1.86. The number of aromatic nitrogens is 1. The number of nitrogens with zero attached hydrogens (tertiary/aromatic N) is 1. The van der Waals surface area contributed by atoms with E-state index in [2.05, 4.69) is 26.2 Å². The number of benzene rings is 1. The molecule has 2 aromatic rings. The number of nitrogen functional groups attached to an aromatic ring is 1. The lowest BCUT2D eigenvalue weighted by molar-refractivity contribution is -0.125.